The van der Waals surface area contributed by atoms with Crippen molar-refractivity contribution in [1.29, 1.82) is 0 Å². The van der Waals surface area contributed by atoms with Crippen molar-refractivity contribution in [2.24, 2.45) is 46.3 Å². The van der Waals surface area contributed by atoms with E-state index in [9.17, 15) is 4.79 Å². The molecule has 0 aromatic heterocycles. The zero-order valence-electron chi connectivity index (χ0n) is 20.2. The number of ketones is 1. The van der Waals surface area contributed by atoms with E-state index in [1.54, 1.807) is 0 Å². The fraction of sp³-hybridized carbons (Fsp3) is 0.759. The average Bonchev–Trinajstić information content (AvgIpc) is 3.06. The Morgan fingerprint density at radius 1 is 1.13 bits per heavy atom. The van der Waals surface area contributed by atoms with Crippen LogP contribution < -0.4 is 0 Å². The lowest BCUT2D eigenvalue weighted by Gasteiger charge is -2.58. The topological polar surface area (TPSA) is 17.1 Å². The van der Waals surface area contributed by atoms with Crippen LogP contribution in [0, 0.1) is 46.3 Å². The molecular formula is C29H44O. The van der Waals surface area contributed by atoms with E-state index >= 15 is 0 Å². The molecule has 0 unspecified atom stereocenters. The van der Waals surface area contributed by atoms with Gasteiger partial charge in [0, 0.05) is 6.42 Å². The van der Waals surface area contributed by atoms with Crippen LogP contribution in [0.25, 0.3) is 0 Å². The fourth-order valence-corrected chi connectivity index (χ4v) is 8.56. The highest BCUT2D eigenvalue weighted by atomic mass is 16.1. The van der Waals surface area contributed by atoms with E-state index in [4.69, 9.17) is 0 Å². The molecule has 0 aliphatic heterocycles. The standard InChI is InChI=1S/C29H44O/c1-7-21(19(2)3)9-8-20(4)25-12-13-26-24-11-10-22-18-23(30)14-16-28(22,5)27(24)15-17-29(25,26)6/h8-9,18,20-21,24-27H,2,7,10-17H2,1,3-6H3/b9-8-/t20-,21-,24-,25+,26-,27-,28-,29+/m0/s1. The molecule has 0 amide bonds. The van der Waals surface area contributed by atoms with Gasteiger partial charge in [-0.15, -0.1) is 0 Å². The fourth-order valence-electron chi connectivity index (χ4n) is 8.56. The molecule has 166 valence electrons. The van der Waals surface area contributed by atoms with Gasteiger partial charge in [-0.25, -0.2) is 0 Å². The van der Waals surface area contributed by atoms with Crippen molar-refractivity contribution in [2.75, 3.05) is 0 Å². The number of carbonyl (C=O) groups excluding carboxylic acids is 1. The first-order valence-electron chi connectivity index (χ1n) is 12.8. The summed E-state index contributed by atoms with van der Waals surface area (Å²) in [4.78, 5) is 12.1. The van der Waals surface area contributed by atoms with Crippen molar-refractivity contribution < 1.29 is 4.79 Å². The summed E-state index contributed by atoms with van der Waals surface area (Å²) in [7, 11) is 0. The molecule has 3 saturated carbocycles. The first-order chi connectivity index (χ1) is 14.2. The van der Waals surface area contributed by atoms with Gasteiger partial charge in [0.05, 0.1) is 0 Å². The van der Waals surface area contributed by atoms with Gasteiger partial charge in [0.2, 0.25) is 0 Å². The summed E-state index contributed by atoms with van der Waals surface area (Å²) in [5.41, 5.74) is 3.59. The lowest BCUT2D eigenvalue weighted by molar-refractivity contribution is -0.117. The molecular weight excluding hydrogens is 364 g/mol. The van der Waals surface area contributed by atoms with Crippen molar-refractivity contribution in [3.8, 4) is 0 Å². The summed E-state index contributed by atoms with van der Waals surface area (Å²) in [5, 5.41) is 0. The van der Waals surface area contributed by atoms with Crippen molar-refractivity contribution in [2.45, 2.75) is 92.4 Å². The van der Waals surface area contributed by atoms with Crippen molar-refractivity contribution in [3.63, 3.8) is 0 Å². The van der Waals surface area contributed by atoms with Crippen LogP contribution in [0.15, 0.2) is 36.0 Å². The van der Waals surface area contributed by atoms with Crippen molar-refractivity contribution >= 4 is 5.78 Å². The molecule has 0 bridgehead atoms. The monoisotopic (exact) mass is 408 g/mol. The Morgan fingerprint density at radius 2 is 1.90 bits per heavy atom. The molecule has 1 heteroatoms. The predicted octanol–water partition coefficient (Wildman–Crippen LogP) is 7.93. The second-order valence-corrected chi connectivity index (χ2v) is 11.8. The minimum absolute atomic E-state index is 0.303. The van der Waals surface area contributed by atoms with Crippen LogP contribution in [-0.2, 0) is 4.79 Å². The minimum Gasteiger partial charge on any atom is -0.295 e. The average molecular weight is 409 g/mol. The third-order valence-corrected chi connectivity index (χ3v) is 10.4. The molecule has 0 spiro atoms. The third-order valence-electron chi connectivity index (χ3n) is 10.4. The number of fused-ring (bicyclic) bond motifs is 5. The Labute approximate surface area is 185 Å². The van der Waals surface area contributed by atoms with Gasteiger partial charge in [0.25, 0.3) is 0 Å². The number of carbonyl (C=O) groups is 1. The molecule has 30 heavy (non-hydrogen) atoms. The summed E-state index contributed by atoms with van der Waals surface area (Å²) in [5.74, 6) is 4.96. The molecule has 0 aromatic carbocycles. The first-order valence-corrected chi connectivity index (χ1v) is 12.8. The van der Waals surface area contributed by atoms with E-state index in [0.717, 1.165) is 42.9 Å². The Bertz CT molecular complexity index is 756. The maximum Gasteiger partial charge on any atom is 0.155 e. The number of hydrogen-bond donors (Lipinski definition) is 0. The Hall–Kier alpha value is -1.11. The highest BCUT2D eigenvalue weighted by Crippen LogP contribution is 2.67. The van der Waals surface area contributed by atoms with Gasteiger partial charge in [-0.3, -0.25) is 4.79 Å². The predicted molar refractivity (Wildman–Crippen MR) is 127 cm³/mol. The smallest absolute Gasteiger partial charge is 0.155 e. The lowest BCUT2D eigenvalue weighted by atomic mass is 9.46. The van der Waals surface area contributed by atoms with Crippen LogP contribution in [0.1, 0.15) is 92.4 Å². The lowest BCUT2D eigenvalue weighted by Crippen LogP contribution is -2.50. The molecule has 0 aromatic rings. The molecule has 0 heterocycles. The summed E-state index contributed by atoms with van der Waals surface area (Å²) in [6.07, 6.45) is 18.1. The van der Waals surface area contributed by atoms with Gasteiger partial charge in [-0.1, -0.05) is 57.6 Å². The van der Waals surface area contributed by atoms with Crippen LogP contribution in [0.4, 0.5) is 0 Å². The van der Waals surface area contributed by atoms with Crippen LogP contribution in [0.2, 0.25) is 0 Å². The van der Waals surface area contributed by atoms with E-state index < -0.39 is 0 Å². The molecule has 4 rings (SSSR count). The molecule has 0 saturated heterocycles. The van der Waals surface area contributed by atoms with Gasteiger partial charge in [0.15, 0.2) is 5.78 Å². The minimum atomic E-state index is 0.303. The Balaban J connectivity index is 1.53. The highest BCUT2D eigenvalue weighted by molar-refractivity contribution is 5.91. The third kappa shape index (κ3) is 3.49. The van der Waals surface area contributed by atoms with Gasteiger partial charge in [0.1, 0.15) is 0 Å². The molecule has 0 radical (unpaired) electrons. The van der Waals surface area contributed by atoms with Crippen molar-refractivity contribution in [3.05, 3.63) is 36.0 Å². The van der Waals surface area contributed by atoms with Crippen LogP contribution in [0.3, 0.4) is 0 Å². The molecule has 1 nitrogen and oxygen atoms in total. The van der Waals surface area contributed by atoms with Crippen LogP contribution in [0.5, 0.6) is 0 Å². The molecule has 4 aliphatic rings. The zero-order chi connectivity index (χ0) is 21.7. The van der Waals surface area contributed by atoms with E-state index in [0.29, 0.717) is 28.4 Å². The maximum absolute atomic E-state index is 12.1. The second kappa shape index (κ2) is 8.10. The summed E-state index contributed by atoms with van der Waals surface area (Å²) >= 11 is 0. The zero-order valence-corrected chi connectivity index (χ0v) is 20.2. The first kappa shape index (κ1) is 22.1. The van der Waals surface area contributed by atoms with E-state index in [-0.39, 0.29) is 0 Å². The molecule has 4 aliphatic carbocycles. The largest absolute Gasteiger partial charge is 0.295 e. The van der Waals surface area contributed by atoms with Gasteiger partial charge >= 0.3 is 0 Å². The summed E-state index contributed by atoms with van der Waals surface area (Å²) in [6, 6.07) is 0. The Morgan fingerprint density at radius 3 is 2.60 bits per heavy atom. The molecule has 8 atom stereocenters. The van der Waals surface area contributed by atoms with Gasteiger partial charge < -0.3 is 0 Å². The number of rotatable bonds is 5. The van der Waals surface area contributed by atoms with E-state index in [1.807, 2.05) is 6.08 Å². The van der Waals surface area contributed by atoms with Crippen LogP contribution >= 0.6 is 0 Å². The summed E-state index contributed by atoms with van der Waals surface area (Å²) in [6.45, 7) is 16.3. The molecule has 3 fully saturated rings. The van der Waals surface area contributed by atoms with E-state index in [1.165, 1.54) is 49.7 Å². The van der Waals surface area contributed by atoms with Crippen molar-refractivity contribution in [1.82, 2.24) is 0 Å². The summed E-state index contributed by atoms with van der Waals surface area (Å²) < 4.78 is 0. The normalized spacial score (nSPS) is 42.8. The SMILES string of the molecule is C=C(C)[C@H](/C=C\[C@H](C)[C@H]1CC[C@H]2[C@@H]3CCC4=CC(=O)CC[C@]4(C)[C@H]3CC[C@]12C)CC. The van der Waals surface area contributed by atoms with Crippen LogP contribution in [-0.4, -0.2) is 5.78 Å². The van der Waals surface area contributed by atoms with Gasteiger partial charge in [-0.2, -0.15) is 0 Å². The van der Waals surface area contributed by atoms with Gasteiger partial charge in [-0.05, 0) is 111 Å². The molecule has 0 N–H and O–H groups in total. The maximum atomic E-state index is 12.1. The van der Waals surface area contributed by atoms with E-state index in [2.05, 4.69) is 53.3 Å². The number of allylic oxidation sites excluding steroid dienone is 4. The quantitative estimate of drug-likeness (QED) is 0.422. The number of hydrogen-bond acceptors (Lipinski definition) is 1. The Kier molecular flexibility index (Phi) is 5.97. The highest BCUT2D eigenvalue weighted by Gasteiger charge is 2.59. The second-order valence-electron chi connectivity index (χ2n) is 11.8.